The van der Waals surface area contributed by atoms with Crippen LogP contribution in [0, 0.1) is 5.92 Å². The molecule has 0 spiro atoms. The average Bonchev–Trinajstić information content (AvgIpc) is 2.60. The van der Waals surface area contributed by atoms with Crippen molar-refractivity contribution < 1.29 is 4.74 Å². The van der Waals surface area contributed by atoms with Crippen LogP contribution in [0.1, 0.15) is 31.9 Å². The minimum Gasteiger partial charge on any atom is -0.489 e. The Morgan fingerprint density at radius 3 is 2.60 bits per heavy atom. The molecule has 0 saturated carbocycles. The summed E-state index contributed by atoms with van der Waals surface area (Å²) >= 11 is 5.52. The zero-order valence-electron chi connectivity index (χ0n) is 14.9. The summed E-state index contributed by atoms with van der Waals surface area (Å²) in [6, 6.07) is 18.3. The van der Waals surface area contributed by atoms with Crippen LogP contribution in [-0.2, 0) is 0 Å². The average molecular weight is 355 g/mol. The van der Waals surface area contributed by atoms with E-state index in [2.05, 4.69) is 55.3 Å². The molecule has 0 amide bonds. The number of thiocarbonyl (C=S) groups is 1. The van der Waals surface area contributed by atoms with Crippen molar-refractivity contribution in [3.8, 4) is 5.75 Å². The van der Waals surface area contributed by atoms with Gasteiger partial charge in [0.1, 0.15) is 12.4 Å². The Morgan fingerprint density at radius 2 is 1.92 bits per heavy atom. The van der Waals surface area contributed by atoms with Gasteiger partial charge in [-0.05, 0) is 42.3 Å². The first kappa shape index (κ1) is 19.0. The molecule has 0 radical (unpaired) electrons. The zero-order chi connectivity index (χ0) is 18.1. The van der Waals surface area contributed by atoms with Gasteiger partial charge in [-0.2, -0.15) is 0 Å². The summed E-state index contributed by atoms with van der Waals surface area (Å²) in [5.41, 5.74) is 2.14. The molecule has 132 valence electrons. The molecule has 0 aliphatic rings. The van der Waals surface area contributed by atoms with E-state index in [-0.39, 0.29) is 6.04 Å². The predicted octanol–water partition coefficient (Wildman–Crippen LogP) is 5.33. The van der Waals surface area contributed by atoms with Gasteiger partial charge < -0.3 is 15.4 Å². The van der Waals surface area contributed by atoms with Gasteiger partial charge in [-0.3, -0.25) is 0 Å². The molecule has 0 aliphatic heterocycles. The maximum Gasteiger partial charge on any atom is 0.171 e. The Balaban J connectivity index is 2.02. The molecular weight excluding hydrogens is 328 g/mol. The molecule has 0 heterocycles. The molecule has 3 nitrogen and oxygen atoms in total. The van der Waals surface area contributed by atoms with Crippen LogP contribution in [0.3, 0.4) is 0 Å². The molecule has 2 N–H and O–H groups in total. The van der Waals surface area contributed by atoms with Crippen molar-refractivity contribution in [1.82, 2.24) is 5.32 Å². The smallest absolute Gasteiger partial charge is 0.171 e. The highest BCUT2D eigenvalue weighted by atomic mass is 32.1. The SMILES string of the molecule is C=CCOc1cccc(NC(=S)N[C@@H](CC(C)C)c2ccccc2)c1. The number of hydrogen-bond acceptors (Lipinski definition) is 2. The second kappa shape index (κ2) is 9.84. The minimum absolute atomic E-state index is 0.182. The first-order chi connectivity index (χ1) is 12.1. The van der Waals surface area contributed by atoms with Gasteiger partial charge in [0.2, 0.25) is 0 Å². The lowest BCUT2D eigenvalue weighted by molar-refractivity contribution is 0.363. The van der Waals surface area contributed by atoms with Crippen LogP contribution in [0.4, 0.5) is 5.69 Å². The second-order valence-electron chi connectivity index (χ2n) is 6.32. The number of anilines is 1. The number of benzene rings is 2. The van der Waals surface area contributed by atoms with Crippen molar-refractivity contribution >= 4 is 23.0 Å². The standard InChI is InChI=1S/C21H26N2OS/c1-4-13-24-19-12-8-11-18(15-19)22-21(25)23-20(14-16(2)3)17-9-6-5-7-10-17/h4-12,15-16,20H,1,13-14H2,2-3H3,(H2,22,23,25)/t20-/m0/s1. The topological polar surface area (TPSA) is 33.3 Å². The Labute approximate surface area is 156 Å². The number of rotatable bonds is 8. The van der Waals surface area contributed by atoms with Gasteiger partial charge in [0.05, 0.1) is 6.04 Å². The van der Waals surface area contributed by atoms with E-state index >= 15 is 0 Å². The van der Waals surface area contributed by atoms with E-state index in [9.17, 15) is 0 Å². The summed E-state index contributed by atoms with van der Waals surface area (Å²) in [7, 11) is 0. The molecule has 0 unspecified atom stereocenters. The van der Waals surface area contributed by atoms with Gasteiger partial charge in [0.15, 0.2) is 5.11 Å². The molecule has 2 aromatic carbocycles. The van der Waals surface area contributed by atoms with Crippen LogP contribution in [0.25, 0.3) is 0 Å². The normalized spacial score (nSPS) is 11.6. The van der Waals surface area contributed by atoms with E-state index in [0.717, 1.165) is 17.9 Å². The van der Waals surface area contributed by atoms with Crippen molar-refractivity contribution in [3.05, 3.63) is 72.8 Å². The molecule has 1 atom stereocenters. The van der Waals surface area contributed by atoms with Crippen LogP contribution < -0.4 is 15.4 Å². The second-order valence-corrected chi connectivity index (χ2v) is 6.73. The third-order valence-electron chi connectivity index (χ3n) is 3.67. The largest absolute Gasteiger partial charge is 0.489 e. The number of hydrogen-bond donors (Lipinski definition) is 2. The van der Waals surface area contributed by atoms with Crippen molar-refractivity contribution in [2.45, 2.75) is 26.3 Å². The van der Waals surface area contributed by atoms with E-state index in [4.69, 9.17) is 17.0 Å². The lowest BCUT2D eigenvalue weighted by Gasteiger charge is -2.23. The van der Waals surface area contributed by atoms with E-state index in [1.165, 1.54) is 5.56 Å². The van der Waals surface area contributed by atoms with E-state index < -0.39 is 0 Å². The first-order valence-corrected chi connectivity index (χ1v) is 8.95. The maximum absolute atomic E-state index is 5.56. The fourth-order valence-corrected chi connectivity index (χ4v) is 2.84. The van der Waals surface area contributed by atoms with Crippen molar-refractivity contribution in [1.29, 1.82) is 0 Å². The summed E-state index contributed by atoms with van der Waals surface area (Å²) in [6.07, 6.45) is 2.73. The number of ether oxygens (including phenoxy) is 1. The molecule has 2 rings (SSSR count). The van der Waals surface area contributed by atoms with Gasteiger partial charge in [-0.25, -0.2) is 0 Å². The summed E-state index contributed by atoms with van der Waals surface area (Å²) in [5, 5.41) is 7.29. The van der Waals surface area contributed by atoms with Crippen molar-refractivity contribution in [2.24, 2.45) is 5.92 Å². The summed E-state index contributed by atoms with van der Waals surface area (Å²) in [4.78, 5) is 0. The highest BCUT2D eigenvalue weighted by molar-refractivity contribution is 7.80. The fourth-order valence-electron chi connectivity index (χ4n) is 2.58. The van der Waals surface area contributed by atoms with Crippen molar-refractivity contribution in [3.63, 3.8) is 0 Å². The highest BCUT2D eigenvalue weighted by Crippen LogP contribution is 2.22. The van der Waals surface area contributed by atoms with Crippen LogP contribution in [0.2, 0.25) is 0 Å². The number of nitrogens with one attached hydrogen (secondary N) is 2. The lowest BCUT2D eigenvalue weighted by atomic mass is 9.97. The third kappa shape index (κ3) is 6.59. The molecule has 4 heteroatoms. The summed E-state index contributed by atoms with van der Waals surface area (Å²) in [6.45, 7) is 8.58. The molecule has 0 bridgehead atoms. The Morgan fingerprint density at radius 1 is 1.16 bits per heavy atom. The van der Waals surface area contributed by atoms with E-state index in [0.29, 0.717) is 17.6 Å². The monoisotopic (exact) mass is 354 g/mol. The molecular formula is C21H26N2OS. The molecule has 0 aliphatic carbocycles. The molecule has 2 aromatic rings. The first-order valence-electron chi connectivity index (χ1n) is 8.54. The molecule has 0 fully saturated rings. The van der Waals surface area contributed by atoms with Crippen LogP contribution in [0.15, 0.2) is 67.3 Å². The van der Waals surface area contributed by atoms with Gasteiger partial charge in [-0.15, -0.1) is 0 Å². The Hall–Kier alpha value is -2.33. The van der Waals surface area contributed by atoms with Crippen molar-refractivity contribution in [2.75, 3.05) is 11.9 Å². The maximum atomic E-state index is 5.56. The third-order valence-corrected chi connectivity index (χ3v) is 3.89. The Kier molecular flexibility index (Phi) is 7.48. The Bertz CT molecular complexity index is 685. The molecule has 0 saturated heterocycles. The van der Waals surface area contributed by atoms with Gasteiger partial charge in [-0.1, -0.05) is 62.9 Å². The highest BCUT2D eigenvalue weighted by Gasteiger charge is 2.14. The summed E-state index contributed by atoms with van der Waals surface area (Å²) in [5.74, 6) is 1.35. The van der Waals surface area contributed by atoms with E-state index in [1.807, 2.05) is 30.3 Å². The minimum atomic E-state index is 0.182. The quantitative estimate of drug-likeness (QED) is 0.496. The summed E-state index contributed by atoms with van der Waals surface area (Å²) < 4.78 is 5.56. The predicted molar refractivity (Wildman–Crippen MR) is 110 cm³/mol. The van der Waals surface area contributed by atoms with Crippen LogP contribution in [-0.4, -0.2) is 11.7 Å². The van der Waals surface area contributed by atoms with Crippen LogP contribution >= 0.6 is 12.2 Å². The van der Waals surface area contributed by atoms with E-state index in [1.54, 1.807) is 6.08 Å². The van der Waals surface area contributed by atoms with Gasteiger partial charge in [0.25, 0.3) is 0 Å². The molecule has 0 aromatic heterocycles. The lowest BCUT2D eigenvalue weighted by Crippen LogP contribution is -2.33. The van der Waals surface area contributed by atoms with Crippen LogP contribution in [0.5, 0.6) is 5.75 Å². The van der Waals surface area contributed by atoms with Gasteiger partial charge >= 0.3 is 0 Å². The molecule has 25 heavy (non-hydrogen) atoms. The zero-order valence-corrected chi connectivity index (χ0v) is 15.7. The fraction of sp³-hybridized carbons (Fsp3) is 0.286. The van der Waals surface area contributed by atoms with Gasteiger partial charge in [0, 0.05) is 11.8 Å².